The summed E-state index contributed by atoms with van der Waals surface area (Å²) >= 11 is 5.93. The molecule has 7 heteroatoms. The first kappa shape index (κ1) is 12.8. The van der Waals surface area contributed by atoms with Crippen LogP contribution in [0.3, 0.4) is 0 Å². The van der Waals surface area contributed by atoms with Crippen LogP contribution in [0.25, 0.3) is 10.9 Å². The molecule has 0 spiro atoms. The summed E-state index contributed by atoms with van der Waals surface area (Å²) in [4.78, 5) is 33.3. The van der Waals surface area contributed by atoms with E-state index in [1.807, 2.05) is 24.3 Å². The van der Waals surface area contributed by atoms with E-state index in [-0.39, 0.29) is 23.6 Å². The van der Waals surface area contributed by atoms with Crippen molar-refractivity contribution in [3.63, 3.8) is 0 Å². The van der Waals surface area contributed by atoms with Crippen molar-refractivity contribution in [2.24, 2.45) is 0 Å². The molecule has 0 saturated carbocycles. The summed E-state index contributed by atoms with van der Waals surface area (Å²) < 4.78 is 0. The number of rotatable bonds is 1. The molecule has 2 amide bonds. The fourth-order valence-corrected chi connectivity index (χ4v) is 2.40. The van der Waals surface area contributed by atoms with Gasteiger partial charge < -0.3 is 4.90 Å². The Morgan fingerprint density at radius 1 is 1.30 bits per heavy atom. The third kappa shape index (κ3) is 2.08. The number of aromatic nitrogens is 2. The minimum Gasteiger partial charge on any atom is -0.335 e. The molecule has 102 valence electrons. The first-order chi connectivity index (χ1) is 9.56. The van der Waals surface area contributed by atoms with E-state index in [1.54, 1.807) is 11.8 Å². The maximum absolute atomic E-state index is 11.8. The molecule has 2 heterocycles. The van der Waals surface area contributed by atoms with Crippen molar-refractivity contribution in [3.05, 3.63) is 29.5 Å². The van der Waals surface area contributed by atoms with Crippen LogP contribution in [0.15, 0.2) is 24.3 Å². The van der Waals surface area contributed by atoms with E-state index in [2.05, 4.69) is 15.3 Å². The Bertz CT molecular complexity index is 719. The van der Waals surface area contributed by atoms with Crippen LogP contribution in [0.2, 0.25) is 5.28 Å². The summed E-state index contributed by atoms with van der Waals surface area (Å²) in [5.41, 5.74) is 0.674. The fourth-order valence-electron chi connectivity index (χ4n) is 2.22. The van der Waals surface area contributed by atoms with Crippen molar-refractivity contribution in [1.82, 2.24) is 15.3 Å². The molecular formula is C13H11ClN4O2. The zero-order valence-corrected chi connectivity index (χ0v) is 11.4. The largest absolute Gasteiger partial charge is 0.335 e. The number of halogens is 1. The first-order valence-electron chi connectivity index (χ1n) is 6.09. The quantitative estimate of drug-likeness (QED) is 0.629. The van der Waals surface area contributed by atoms with Crippen molar-refractivity contribution in [1.29, 1.82) is 0 Å². The van der Waals surface area contributed by atoms with E-state index >= 15 is 0 Å². The molecule has 1 N–H and O–H groups in total. The van der Waals surface area contributed by atoms with Crippen molar-refractivity contribution in [3.8, 4) is 0 Å². The number of piperazine rings is 1. The Morgan fingerprint density at radius 3 is 2.85 bits per heavy atom. The number of anilines is 1. The van der Waals surface area contributed by atoms with Crippen LogP contribution in [0, 0.1) is 0 Å². The van der Waals surface area contributed by atoms with Gasteiger partial charge in [0.1, 0.15) is 11.9 Å². The van der Waals surface area contributed by atoms with Crippen molar-refractivity contribution in [2.75, 3.05) is 11.4 Å². The van der Waals surface area contributed by atoms with E-state index in [4.69, 9.17) is 11.6 Å². The van der Waals surface area contributed by atoms with Crippen LogP contribution in [-0.4, -0.2) is 34.4 Å². The smallest absolute Gasteiger partial charge is 0.249 e. The lowest BCUT2D eigenvalue weighted by atomic mass is 10.1. The monoisotopic (exact) mass is 290 g/mol. The number of amides is 2. The van der Waals surface area contributed by atoms with Gasteiger partial charge in [-0.1, -0.05) is 12.1 Å². The van der Waals surface area contributed by atoms with Gasteiger partial charge in [0.15, 0.2) is 0 Å². The van der Waals surface area contributed by atoms with Crippen LogP contribution < -0.4 is 10.2 Å². The molecule has 3 rings (SSSR count). The number of para-hydroxylation sites is 1. The topological polar surface area (TPSA) is 75.2 Å². The molecule has 1 fully saturated rings. The molecular weight excluding hydrogens is 280 g/mol. The lowest BCUT2D eigenvalue weighted by molar-refractivity contribution is -0.132. The van der Waals surface area contributed by atoms with Crippen LogP contribution in [0.5, 0.6) is 0 Å². The first-order valence-corrected chi connectivity index (χ1v) is 6.46. The summed E-state index contributed by atoms with van der Waals surface area (Å²) in [6.45, 7) is 1.77. The molecule has 2 aromatic rings. The maximum Gasteiger partial charge on any atom is 0.249 e. The number of imide groups is 1. The van der Waals surface area contributed by atoms with Gasteiger partial charge in [-0.25, -0.2) is 4.98 Å². The Labute approximate surface area is 119 Å². The van der Waals surface area contributed by atoms with E-state index in [9.17, 15) is 9.59 Å². The molecule has 1 aliphatic rings. The van der Waals surface area contributed by atoms with Crippen LogP contribution >= 0.6 is 11.6 Å². The Kier molecular flexibility index (Phi) is 3.02. The highest BCUT2D eigenvalue weighted by atomic mass is 35.5. The number of fused-ring (bicyclic) bond motifs is 1. The highest BCUT2D eigenvalue weighted by molar-refractivity contribution is 6.29. The average Bonchev–Trinajstić information content (AvgIpc) is 2.42. The van der Waals surface area contributed by atoms with Crippen molar-refractivity contribution >= 4 is 40.1 Å². The number of nitrogens with one attached hydrogen (secondary N) is 1. The third-order valence-electron chi connectivity index (χ3n) is 3.25. The molecule has 1 aromatic carbocycles. The molecule has 6 nitrogen and oxygen atoms in total. The predicted octanol–water partition coefficient (Wildman–Crippen LogP) is 1.13. The fraction of sp³-hybridized carbons (Fsp3) is 0.231. The van der Waals surface area contributed by atoms with E-state index in [0.29, 0.717) is 11.3 Å². The second-order valence-corrected chi connectivity index (χ2v) is 4.89. The predicted molar refractivity (Wildman–Crippen MR) is 74.5 cm³/mol. The lowest BCUT2D eigenvalue weighted by Gasteiger charge is -2.33. The van der Waals surface area contributed by atoms with Crippen LogP contribution in [0.4, 0.5) is 5.82 Å². The Hall–Kier alpha value is -2.21. The zero-order valence-electron chi connectivity index (χ0n) is 10.6. The summed E-state index contributed by atoms with van der Waals surface area (Å²) in [6.07, 6.45) is 0. The molecule has 1 unspecified atom stereocenters. The summed E-state index contributed by atoms with van der Waals surface area (Å²) in [7, 11) is 0. The zero-order chi connectivity index (χ0) is 14.3. The SMILES string of the molecule is CC1C(=O)NC(=O)CN1c1nc(Cl)nc2ccccc12. The number of hydrogen-bond donors (Lipinski definition) is 1. The van der Waals surface area contributed by atoms with Gasteiger partial charge in [0, 0.05) is 5.39 Å². The molecule has 1 saturated heterocycles. The van der Waals surface area contributed by atoms with Gasteiger partial charge in [-0.3, -0.25) is 14.9 Å². The third-order valence-corrected chi connectivity index (χ3v) is 3.42. The Balaban J connectivity index is 2.18. The lowest BCUT2D eigenvalue weighted by Crippen LogP contribution is -2.57. The molecule has 1 aliphatic heterocycles. The second kappa shape index (κ2) is 4.72. The standard InChI is InChI=1S/C13H11ClN4O2/c1-7-12(20)16-10(19)6-18(7)11-8-4-2-3-5-9(8)15-13(14)17-11/h2-5,7H,6H2,1H3,(H,16,19,20). The molecule has 1 atom stereocenters. The van der Waals surface area contributed by atoms with Gasteiger partial charge in [0.2, 0.25) is 17.1 Å². The molecule has 0 bridgehead atoms. The number of benzene rings is 1. The van der Waals surface area contributed by atoms with E-state index in [1.165, 1.54) is 0 Å². The molecule has 1 aromatic heterocycles. The van der Waals surface area contributed by atoms with Gasteiger partial charge in [0.05, 0.1) is 12.1 Å². The highest BCUT2D eigenvalue weighted by Crippen LogP contribution is 2.27. The normalized spacial score (nSPS) is 19.3. The summed E-state index contributed by atoms with van der Waals surface area (Å²) in [6, 6.07) is 6.84. The van der Waals surface area contributed by atoms with E-state index in [0.717, 1.165) is 5.39 Å². The van der Waals surface area contributed by atoms with Gasteiger partial charge in [-0.15, -0.1) is 0 Å². The average molecular weight is 291 g/mol. The second-order valence-electron chi connectivity index (χ2n) is 4.55. The van der Waals surface area contributed by atoms with Crippen LogP contribution in [0.1, 0.15) is 6.92 Å². The summed E-state index contributed by atoms with van der Waals surface area (Å²) in [5, 5.41) is 3.14. The van der Waals surface area contributed by atoms with E-state index < -0.39 is 6.04 Å². The number of nitrogens with zero attached hydrogens (tertiary/aromatic N) is 3. The number of carbonyl (C=O) groups is 2. The molecule has 0 radical (unpaired) electrons. The van der Waals surface area contributed by atoms with Gasteiger partial charge in [0.25, 0.3) is 0 Å². The molecule has 0 aliphatic carbocycles. The number of carbonyl (C=O) groups excluding carboxylic acids is 2. The van der Waals surface area contributed by atoms with Crippen molar-refractivity contribution < 1.29 is 9.59 Å². The molecule has 20 heavy (non-hydrogen) atoms. The van der Waals surface area contributed by atoms with Crippen molar-refractivity contribution in [2.45, 2.75) is 13.0 Å². The van der Waals surface area contributed by atoms with Crippen LogP contribution in [-0.2, 0) is 9.59 Å². The minimum absolute atomic E-state index is 0.0598. The maximum atomic E-state index is 11.8. The minimum atomic E-state index is -0.498. The summed E-state index contributed by atoms with van der Waals surface area (Å²) in [5.74, 6) is -0.205. The Morgan fingerprint density at radius 2 is 2.05 bits per heavy atom. The van der Waals surface area contributed by atoms with Gasteiger partial charge in [-0.2, -0.15) is 4.98 Å². The van der Waals surface area contributed by atoms with Gasteiger partial charge >= 0.3 is 0 Å². The number of hydrogen-bond acceptors (Lipinski definition) is 5. The highest BCUT2D eigenvalue weighted by Gasteiger charge is 2.32. The van der Waals surface area contributed by atoms with Gasteiger partial charge in [-0.05, 0) is 30.7 Å².